The molecule has 3 heterocycles. The summed E-state index contributed by atoms with van der Waals surface area (Å²) in [5.74, 6) is 0.934. The second-order valence-electron chi connectivity index (χ2n) is 8.60. The summed E-state index contributed by atoms with van der Waals surface area (Å²) < 4.78 is 1.32. The SMILES string of the molecule is CC1CCN(C(=O)C(C)N2CCN(c3cnn(-c4ccccc4)c(=O)c3Cl)CC2)CC1. The molecule has 4 rings (SSSR count). The number of nitrogens with zero attached hydrogens (tertiary/aromatic N) is 5. The average molecular weight is 444 g/mol. The number of anilines is 1. The van der Waals surface area contributed by atoms with Crippen molar-refractivity contribution in [2.75, 3.05) is 44.2 Å². The van der Waals surface area contributed by atoms with Crippen LogP contribution < -0.4 is 10.5 Å². The molecule has 0 aliphatic carbocycles. The lowest BCUT2D eigenvalue weighted by Gasteiger charge is -2.40. The maximum absolute atomic E-state index is 12.9. The van der Waals surface area contributed by atoms with Gasteiger partial charge in [-0.15, -0.1) is 0 Å². The molecule has 1 amide bonds. The highest BCUT2D eigenvalue weighted by Gasteiger charge is 2.31. The third-order valence-electron chi connectivity index (χ3n) is 6.56. The highest BCUT2D eigenvalue weighted by Crippen LogP contribution is 2.24. The predicted octanol–water partition coefficient (Wildman–Crippen LogP) is 2.65. The summed E-state index contributed by atoms with van der Waals surface area (Å²) in [4.78, 5) is 32.0. The Bertz CT molecular complexity index is 964. The van der Waals surface area contributed by atoms with Gasteiger partial charge in [0.15, 0.2) is 0 Å². The lowest BCUT2D eigenvalue weighted by molar-refractivity contribution is -0.137. The van der Waals surface area contributed by atoms with Gasteiger partial charge in [-0.25, -0.2) is 0 Å². The Balaban J connectivity index is 1.40. The lowest BCUT2D eigenvalue weighted by Crippen LogP contribution is -2.55. The molecule has 1 atom stereocenters. The maximum Gasteiger partial charge on any atom is 0.292 e. The molecule has 2 aliphatic rings. The van der Waals surface area contributed by atoms with Crippen LogP contribution in [0.25, 0.3) is 5.69 Å². The van der Waals surface area contributed by atoms with E-state index in [0.717, 1.165) is 39.0 Å². The molecular formula is C23H30ClN5O2. The van der Waals surface area contributed by atoms with Gasteiger partial charge < -0.3 is 9.80 Å². The van der Waals surface area contributed by atoms with Crippen LogP contribution >= 0.6 is 11.6 Å². The Kier molecular flexibility index (Phi) is 6.62. The molecule has 0 N–H and O–H groups in total. The minimum Gasteiger partial charge on any atom is -0.366 e. The van der Waals surface area contributed by atoms with E-state index in [1.807, 2.05) is 42.2 Å². The second-order valence-corrected chi connectivity index (χ2v) is 8.98. The van der Waals surface area contributed by atoms with Gasteiger partial charge in [0.2, 0.25) is 5.91 Å². The van der Waals surface area contributed by atoms with Crippen molar-refractivity contribution in [2.24, 2.45) is 5.92 Å². The van der Waals surface area contributed by atoms with E-state index in [0.29, 0.717) is 30.4 Å². The first-order valence-corrected chi connectivity index (χ1v) is 11.4. The molecule has 0 spiro atoms. The molecule has 1 aromatic carbocycles. The second kappa shape index (κ2) is 9.40. The van der Waals surface area contributed by atoms with Gasteiger partial charge in [-0.3, -0.25) is 14.5 Å². The van der Waals surface area contributed by atoms with Crippen LogP contribution in [0.5, 0.6) is 0 Å². The number of para-hydroxylation sites is 1. The number of amides is 1. The van der Waals surface area contributed by atoms with Crippen molar-refractivity contribution < 1.29 is 4.79 Å². The van der Waals surface area contributed by atoms with Crippen molar-refractivity contribution in [3.05, 3.63) is 51.9 Å². The van der Waals surface area contributed by atoms with E-state index in [2.05, 4.69) is 21.8 Å². The van der Waals surface area contributed by atoms with Gasteiger partial charge in [-0.05, 0) is 37.8 Å². The van der Waals surface area contributed by atoms with E-state index in [9.17, 15) is 9.59 Å². The Hall–Kier alpha value is -2.38. The van der Waals surface area contributed by atoms with Crippen molar-refractivity contribution >= 4 is 23.2 Å². The quantitative estimate of drug-likeness (QED) is 0.727. The highest BCUT2D eigenvalue weighted by molar-refractivity contribution is 6.33. The van der Waals surface area contributed by atoms with Crippen LogP contribution in [0.15, 0.2) is 41.3 Å². The maximum atomic E-state index is 12.9. The molecule has 2 saturated heterocycles. The van der Waals surface area contributed by atoms with Crippen LogP contribution in [0.3, 0.4) is 0 Å². The Morgan fingerprint density at radius 1 is 1.06 bits per heavy atom. The minimum absolute atomic E-state index is 0.129. The molecule has 1 aromatic heterocycles. The van der Waals surface area contributed by atoms with E-state index < -0.39 is 0 Å². The molecule has 2 fully saturated rings. The van der Waals surface area contributed by atoms with Crippen LogP contribution in [0.4, 0.5) is 5.69 Å². The number of halogens is 1. The van der Waals surface area contributed by atoms with Crippen molar-refractivity contribution in [2.45, 2.75) is 32.7 Å². The molecule has 1 unspecified atom stereocenters. The number of rotatable bonds is 4. The molecule has 31 heavy (non-hydrogen) atoms. The number of aromatic nitrogens is 2. The van der Waals surface area contributed by atoms with Gasteiger partial charge >= 0.3 is 0 Å². The Labute approximate surface area is 188 Å². The summed E-state index contributed by atoms with van der Waals surface area (Å²) in [6.07, 6.45) is 3.84. The molecule has 8 heteroatoms. The van der Waals surface area contributed by atoms with Crippen LogP contribution in [-0.4, -0.2) is 70.8 Å². The number of likely N-dealkylation sites (tertiary alicyclic amines) is 1. The van der Waals surface area contributed by atoms with Crippen molar-refractivity contribution in [1.82, 2.24) is 19.6 Å². The number of piperazine rings is 1. The number of hydrogen-bond donors (Lipinski definition) is 0. The molecule has 7 nitrogen and oxygen atoms in total. The Morgan fingerprint density at radius 2 is 1.71 bits per heavy atom. The van der Waals surface area contributed by atoms with E-state index >= 15 is 0 Å². The normalized spacial score (nSPS) is 19.5. The van der Waals surface area contributed by atoms with Gasteiger partial charge in [-0.2, -0.15) is 9.78 Å². The van der Waals surface area contributed by atoms with Crippen molar-refractivity contribution in [1.29, 1.82) is 0 Å². The van der Waals surface area contributed by atoms with E-state index in [1.165, 1.54) is 4.68 Å². The van der Waals surface area contributed by atoms with Crippen LogP contribution in [0.2, 0.25) is 5.02 Å². The summed E-state index contributed by atoms with van der Waals surface area (Å²) in [6.45, 7) is 8.88. The molecular weight excluding hydrogens is 414 g/mol. The summed E-state index contributed by atoms with van der Waals surface area (Å²) in [5, 5.41) is 4.52. The molecule has 0 saturated carbocycles. The standard InChI is InChI=1S/C23H30ClN5O2/c1-17-8-10-28(11-9-17)22(30)18(2)26-12-14-27(15-13-26)20-16-25-29(23(31)21(20)24)19-6-4-3-5-7-19/h3-7,16-18H,8-15H2,1-2H3. The average Bonchev–Trinajstić information content (AvgIpc) is 2.81. The third kappa shape index (κ3) is 4.62. The molecule has 166 valence electrons. The number of carbonyl (C=O) groups is 1. The summed E-state index contributed by atoms with van der Waals surface area (Å²) in [7, 11) is 0. The highest BCUT2D eigenvalue weighted by atomic mass is 35.5. The lowest BCUT2D eigenvalue weighted by atomic mass is 9.98. The zero-order valence-corrected chi connectivity index (χ0v) is 19.0. The monoisotopic (exact) mass is 443 g/mol. The zero-order chi connectivity index (χ0) is 22.0. The first kappa shape index (κ1) is 21.8. The molecule has 0 bridgehead atoms. The summed E-state index contributed by atoms with van der Waals surface area (Å²) >= 11 is 6.45. The first-order chi connectivity index (χ1) is 15.0. The largest absolute Gasteiger partial charge is 0.366 e. The predicted molar refractivity (Wildman–Crippen MR) is 123 cm³/mol. The number of carbonyl (C=O) groups excluding carboxylic acids is 1. The van der Waals surface area contributed by atoms with Gasteiger partial charge in [0.1, 0.15) is 5.02 Å². The molecule has 0 radical (unpaired) electrons. The summed E-state index contributed by atoms with van der Waals surface area (Å²) in [5.41, 5.74) is 1.02. The fourth-order valence-corrected chi connectivity index (χ4v) is 4.65. The number of piperidine rings is 1. The van der Waals surface area contributed by atoms with Gasteiger partial charge in [0, 0.05) is 39.3 Å². The van der Waals surface area contributed by atoms with Gasteiger partial charge in [-0.1, -0.05) is 36.7 Å². The van der Waals surface area contributed by atoms with Gasteiger partial charge in [0.05, 0.1) is 23.6 Å². The molecule has 2 aromatic rings. The van der Waals surface area contributed by atoms with E-state index in [1.54, 1.807) is 6.20 Å². The number of benzene rings is 1. The van der Waals surface area contributed by atoms with E-state index in [4.69, 9.17) is 11.6 Å². The minimum atomic E-state index is -0.323. The fraction of sp³-hybridized carbons (Fsp3) is 0.522. The van der Waals surface area contributed by atoms with Gasteiger partial charge in [0.25, 0.3) is 5.56 Å². The van der Waals surface area contributed by atoms with E-state index in [-0.39, 0.29) is 22.5 Å². The smallest absolute Gasteiger partial charge is 0.292 e. The zero-order valence-electron chi connectivity index (χ0n) is 18.2. The Morgan fingerprint density at radius 3 is 2.35 bits per heavy atom. The topological polar surface area (TPSA) is 61.7 Å². The molecule has 2 aliphatic heterocycles. The van der Waals surface area contributed by atoms with Crippen LogP contribution in [0, 0.1) is 5.92 Å². The summed E-state index contributed by atoms with van der Waals surface area (Å²) in [6, 6.07) is 9.13. The number of hydrogen-bond acceptors (Lipinski definition) is 5. The third-order valence-corrected chi connectivity index (χ3v) is 6.91. The fourth-order valence-electron chi connectivity index (χ4n) is 4.40. The van der Waals surface area contributed by atoms with Crippen molar-refractivity contribution in [3.8, 4) is 5.69 Å². The van der Waals surface area contributed by atoms with Crippen molar-refractivity contribution in [3.63, 3.8) is 0 Å². The van der Waals surface area contributed by atoms with Crippen LogP contribution in [0.1, 0.15) is 26.7 Å². The first-order valence-electron chi connectivity index (χ1n) is 11.1. The van der Waals surface area contributed by atoms with Crippen LogP contribution in [-0.2, 0) is 4.79 Å².